The molecular formula is C12H12N2O3. The number of rotatable bonds is 4. The lowest BCUT2D eigenvalue weighted by atomic mass is 10.2. The quantitative estimate of drug-likeness (QED) is 0.801. The van der Waals surface area contributed by atoms with Crippen LogP contribution in [0.25, 0.3) is 0 Å². The zero-order chi connectivity index (χ0) is 12.3. The average molecular weight is 232 g/mol. The summed E-state index contributed by atoms with van der Waals surface area (Å²) in [7, 11) is 0. The van der Waals surface area contributed by atoms with E-state index in [1.165, 1.54) is 6.08 Å². The molecular weight excluding hydrogens is 220 g/mol. The molecule has 0 aliphatic rings. The molecule has 0 fully saturated rings. The molecule has 1 unspecified atom stereocenters. The summed E-state index contributed by atoms with van der Waals surface area (Å²) in [5.41, 5.74) is 0.933. The molecule has 88 valence electrons. The second-order valence-corrected chi connectivity index (χ2v) is 3.53. The Bertz CT molecular complexity index is 557. The van der Waals surface area contributed by atoms with Gasteiger partial charge in [-0.05, 0) is 5.56 Å². The number of benzene rings is 1. The monoisotopic (exact) mass is 232 g/mol. The molecule has 0 amide bonds. The summed E-state index contributed by atoms with van der Waals surface area (Å²) < 4.78 is 5.98. The van der Waals surface area contributed by atoms with Crippen molar-refractivity contribution in [2.45, 2.75) is 12.6 Å². The van der Waals surface area contributed by atoms with Crippen molar-refractivity contribution < 1.29 is 9.52 Å². The Morgan fingerprint density at radius 2 is 2.18 bits per heavy atom. The number of aliphatic hydroxyl groups is 1. The van der Waals surface area contributed by atoms with E-state index in [2.05, 4.69) is 11.7 Å². The summed E-state index contributed by atoms with van der Waals surface area (Å²) >= 11 is 0. The summed E-state index contributed by atoms with van der Waals surface area (Å²) in [6.45, 7) is 3.71. The van der Waals surface area contributed by atoms with Gasteiger partial charge in [0.1, 0.15) is 6.10 Å². The van der Waals surface area contributed by atoms with Crippen LogP contribution in [0.5, 0.6) is 0 Å². The highest BCUT2D eigenvalue weighted by Gasteiger charge is 2.13. The largest absolute Gasteiger partial charge is 0.437 e. The maximum Gasteiger partial charge on any atom is 0.437 e. The lowest BCUT2D eigenvalue weighted by Gasteiger charge is -1.98. The molecule has 2 aromatic rings. The molecule has 1 N–H and O–H groups in total. The highest BCUT2D eigenvalue weighted by atomic mass is 16.4. The van der Waals surface area contributed by atoms with E-state index in [1.54, 1.807) is 0 Å². The van der Waals surface area contributed by atoms with Crippen LogP contribution < -0.4 is 5.76 Å². The minimum absolute atomic E-state index is 0.0408. The molecule has 0 saturated carbocycles. The van der Waals surface area contributed by atoms with Crippen molar-refractivity contribution in [3.8, 4) is 0 Å². The van der Waals surface area contributed by atoms with Gasteiger partial charge >= 0.3 is 5.76 Å². The van der Waals surface area contributed by atoms with Gasteiger partial charge in [-0.3, -0.25) is 0 Å². The second kappa shape index (κ2) is 4.80. The van der Waals surface area contributed by atoms with Crippen molar-refractivity contribution in [3.05, 3.63) is 65.0 Å². The van der Waals surface area contributed by atoms with Gasteiger partial charge in [-0.1, -0.05) is 43.0 Å². The highest BCUT2D eigenvalue weighted by Crippen LogP contribution is 2.08. The maximum absolute atomic E-state index is 11.5. The number of hydrogen-bond acceptors (Lipinski definition) is 4. The Morgan fingerprint density at radius 3 is 2.82 bits per heavy atom. The van der Waals surface area contributed by atoms with Crippen molar-refractivity contribution in [3.63, 3.8) is 0 Å². The predicted octanol–water partition coefficient (Wildman–Crippen LogP) is 1.10. The lowest BCUT2D eigenvalue weighted by Crippen LogP contribution is -2.16. The molecule has 0 saturated heterocycles. The molecule has 17 heavy (non-hydrogen) atoms. The molecule has 0 radical (unpaired) electrons. The summed E-state index contributed by atoms with van der Waals surface area (Å²) in [6.07, 6.45) is 0.192. The van der Waals surface area contributed by atoms with Gasteiger partial charge in [0.15, 0.2) is 0 Å². The smallest absolute Gasteiger partial charge is 0.389 e. The fourth-order valence-corrected chi connectivity index (χ4v) is 1.40. The van der Waals surface area contributed by atoms with Gasteiger partial charge in [0.05, 0.1) is 6.54 Å². The van der Waals surface area contributed by atoms with E-state index < -0.39 is 11.9 Å². The van der Waals surface area contributed by atoms with Crippen LogP contribution >= 0.6 is 0 Å². The fourth-order valence-electron chi connectivity index (χ4n) is 1.40. The second-order valence-electron chi connectivity index (χ2n) is 3.53. The summed E-state index contributed by atoms with van der Waals surface area (Å²) in [5, 5.41) is 13.3. The molecule has 5 nitrogen and oxygen atoms in total. The van der Waals surface area contributed by atoms with Crippen LogP contribution in [0.15, 0.2) is 52.2 Å². The van der Waals surface area contributed by atoms with Gasteiger partial charge < -0.3 is 9.52 Å². The van der Waals surface area contributed by atoms with Crippen molar-refractivity contribution in [2.75, 3.05) is 0 Å². The first-order valence-electron chi connectivity index (χ1n) is 5.13. The van der Waals surface area contributed by atoms with Crippen LogP contribution in [0.2, 0.25) is 0 Å². The van der Waals surface area contributed by atoms with Crippen molar-refractivity contribution in [2.24, 2.45) is 0 Å². The molecule has 0 aliphatic heterocycles. The van der Waals surface area contributed by atoms with Gasteiger partial charge in [0.2, 0.25) is 0 Å². The van der Waals surface area contributed by atoms with Gasteiger partial charge in [-0.15, -0.1) is 5.10 Å². The SMILES string of the molecule is C=CC(O)c1nn(Cc2ccccc2)c(=O)o1. The number of aromatic nitrogens is 2. The number of hydrogen-bond donors (Lipinski definition) is 1. The van der Waals surface area contributed by atoms with E-state index in [0.717, 1.165) is 10.2 Å². The van der Waals surface area contributed by atoms with Gasteiger partial charge in [0.25, 0.3) is 5.89 Å². The van der Waals surface area contributed by atoms with Crippen LogP contribution in [0.1, 0.15) is 17.6 Å². The molecule has 5 heteroatoms. The molecule has 2 rings (SSSR count). The highest BCUT2D eigenvalue weighted by molar-refractivity contribution is 5.14. The van der Waals surface area contributed by atoms with Gasteiger partial charge in [-0.2, -0.15) is 4.68 Å². The molecule has 0 bridgehead atoms. The van der Waals surface area contributed by atoms with Crippen LogP contribution in [0.3, 0.4) is 0 Å². The van der Waals surface area contributed by atoms with Crippen molar-refractivity contribution in [1.82, 2.24) is 9.78 Å². The number of nitrogens with zero attached hydrogens (tertiary/aromatic N) is 2. The Hall–Kier alpha value is -2.14. The standard InChI is InChI=1S/C12H12N2O3/c1-2-10(15)11-13-14(12(16)17-11)8-9-6-4-3-5-7-9/h2-7,10,15H,1,8H2. The first-order chi connectivity index (χ1) is 8.20. The van der Waals surface area contributed by atoms with Crippen LogP contribution in [-0.2, 0) is 6.54 Å². The Balaban J connectivity index is 2.25. The third-order valence-corrected chi connectivity index (χ3v) is 2.27. The van der Waals surface area contributed by atoms with Crippen molar-refractivity contribution >= 4 is 0 Å². The van der Waals surface area contributed by atoms with E-state index in [9.17, 15) is 9.90 Å². The Kier molecular flexibility index (Phi) is 3.20. The van der Waals surface area contributed by atoms with Crippen LogP contribution in [0, 0.1) is 0 Å². The first kappa shape index (κ1) is 11.3. The summed E-state index contributed by atoms with van der Waals surface area (Å²) in [4.78, 5) is 11.5. The Labute approximate surface area is 97.6 Å². The van der Waals surface area contributed by atoms with E-state index >= 15 is 0 Å². The van der Waals surface area contributed by atoms with E-state index in [1.807, 2.05) is 30.3 Å². The van der Waals surface area contributed by atoms with Gasteiger partial charge in [-0.25, -0.2) is 4.79 Å². The molecule has 1 heterocycles. The average Bonchev–Trinajstić information content (AvgIpc) is 2.71. The first-order valence-corrected chi connectivity index (χ1v) is 5.13. The molecule has 1 aromatic heterocycles. The van der Waals surface area contributed by atoms with E-state index in [-0.39, 0.29) is 5.89 Å². The summed E-state index contributed by atoms with van der Waals surface area (Å²) in [5.74, 6) is -0.634. The maximum atomic E-state index is 11.5. The molecule has 1 atom stereocenters. The van der Waals surface area contributed by atoms with Gasteiger partial charge in [0, 0.05) is 0 Å². The normalized spacial score (nSPS) is 12.3. The van der Waals surface area contributed by atoms with E-state index in [4.69, 9.17) is 4.42 Å². The minimum atomic E-state index is -1.06. The zero-order valence-electron chi connectivity index (χ0n) is 9.11. The lowest BCUT2D eigenvalue weighted by molar-refractivity contribution is 0.188. The van der Waals surface area contributed by atoms with Crippen molar-refractivity contribution in [1.29, 1.82) is 0 Å². The third kappa shape index (κ3) is 2.51. The molecule has 0 spiro atoms. The van der Waals surface area contributed by atoms with E-state index in [0.29, 0.717) is 6.54 Å². The Morgan fingerprint density at radius 1 is 1.47 bits per heavy atom. The number of aliphatic hydroxyl groups excluding tert-OH is 1. The third-order valence-electron chi connectivity index (χ3n) is 2.27. The molecule has 1 aromatic carbocycles. The zero-order valence-corrected chi connectivity index (χ0v) is 9.11. The summed E-state index contributed by atoms with van der Waals surface area (Å²) in [6, 6.07) is 9.40. The molecule has 0 aliphatic carbocycles. The van der Waals surface area contributed by atoms with Crippen LogP contribution in [-0.4, -0.2) is 14.9 Å². The van der Waals surface area contributed by atoms with Crippen LogP contribution in [0.4, 0.5) is 0 Å². The fraction of sp³-hybridized carbons (Fsp3) is 0.167. The minimum Gasteiger partial charge on any atom is -0.389 e. The predicted molar refractivity (Wildman–Crippen MR) is 61.5 cm³/mol. The topological polar surface area (TPSA) is 68.3 Å².